The van der Waals surface area contributed by atoms with Crippen molar-refractivity contribution in [2.24, 2.45) is 4.99 Å². The van der Waals surface area contributed by atoms with Gasteiger partial charge in [0.1, 0.15) is 11.4 Å². The summed E-state index contributed by atoms with van der Waals surface area (Å²) >= 11 is 0. The van der Waals surface area contributed by atoms with Crippen molar-refractivity contribution in [3.63, 3.8) is 0 Å². The monoisotopic (exact) mass is 443 g/mol. The second kappa shape index (κ2) is 9.27. The first-order valence-electron chi connectivity index (χ1n) is 10.0. The molecule has 0 aromatic heterocycles. The number of phenols is 1. The highest BCUT2D eigenvalue weighted by atomic mass is 16.5. The van der Waals surface area contributed by atoms with Crippen molar-refractivity contribution in [1.82, 2.24) is 10.4 Å². The van der Waals surface area contributed by atoms with Crippen molar-refractivity contribution in [3.05, 3.63) is 95.2 Å². The Kier molecular flexibility index (Phi) is 6.08. The number of amides is 2. The van der Waals surface area contributed by atoms with Gasteiger partial charge in [0, 0.05) is 5.56 Å². The number of nitrogens with zero attached hydrogens (tertiary/aromatic N) is 2. The van der Waals surface area contributed by atoms with Crippen LogP contribution in [0.2, 0.25) is 0 Å². The second-order valence-corrected chi connectivity index (χ2v) is 7.04. The molecule has 1 heterocycles. The first-order chi connectivity index (χ1) is 16.0. The van der Waals surface area contributed by atoms with Gasteiger partial charge in [-0.2, -0.15) is 5.01 Å². The van der Waals surface area contributed by atoms with Gasteiger partial charge in [-0.1, -0.05) is 48.5 Å². The number of ether oxygens (including phenoxy) is 2. The third-order valence-electron chi connectivity index (χ3n) is 4.97. The number of methoxy groups -OCH3 is 2. The average molecular weight is 443 g/mol. The molecule has 3 aromatic carbocycles. The molecule has 0 unspecified atom stereocenters. The highest BCUT2D eigenvalue weighted by Crippen LogP contribution is 2.29. The smallest absolute Gasteiger partial charge is 0.297 e. The van der Waals surface area contributed by atoms with Crippen molar-refractivity contribution < 1.29 is 24.2 Å². The zero-order valence-electron chi connectivity index (χ0n) is 18.0. The number of carbonyl (C=O) groups excluding carboxylic acids is 2. The van der Waals surface area contributed by atoms with E-state index < -0.39 is 11.8 Å². The first-order valence-corrected chi connectivity index (χ1v) is 10.0. The summed E-state index contributed by atoms with van der Waals surface area (Å²) in [4.78, 5) is 30.5. The van der Waals surface area contributed by atoms with Gasteiger partial charge in [0.05, 0.1) is 19.8 Å². The Balaban J connectivity index is 1.71. The molecule has 0 spiro atoms. The van der Waals surface area contributed by atoms with Crippen LogP contribution in [0.15, 0.2) is 83.5 Å². The van der Waals surface area contributed by atoms with Gasteiger partial charge in [0.25, 0.3) is 11.8 Å². The van der Waals surface area contributed by atoms with Crippen LogP contribution >= 0.6 is 0 Å². The Morgan fingerprint density at radius 3 is 2.36 bits per heavy atom. The van der Waals surface area contributed by atoms with Crippen LogP contribution in [-0.2, 0) is 4.79 Å². The van der Waals surface area contributed by atoms with Gasteiger partial charge >= 0.3 is 0 Å². The molecule has 0 radical (unpaired) electrons. The molecule has 33 heavy (non-hydrogen) atoms. The standard InChI is InChI=1S/C25H21N3O5/c1-32-21-13-12-16(15-22(21)33-2)14-19-25(31)28(23(26-19)17-8-4-3-5-9-17)27-24(30)18-10-6-7-11-20(18)29/h3-15,29H,1-2H3,(H,27,30)/b19-14-. The predicted molar refractivity (Wildman–Crippen MR) is 123 cm³/mol. The quantitative estimate of drug-likeness (QED) is 0.569. The Hall–Kier alpha value is -4.59. The molecule has 2 amide bonds. The van der Waals surface area contributed by atoms with E-state index in [0.29, 0.717) is 22.6 Å². The number of aromatic hydroxyl groups is 1. The molecule has 0 saturated carbocycles. The molecule has 2 N–H and O–H groups in total. The topological polar surface area (TPSA) is 100 Å². The average Bonchev–Trinajstić information content (AvgIpc) is 3.14. The predicted octanol–water partition coefficient (Wildman–Crippen LogP) is 3.38. The van der Waals surface area contributed by atoms with E-state index >= 15 is 0 Å². The number of aliphatic imine (C=N–C) groups is 1. The lowest BCUT2D eigenvalue weighted by Crippen LogP contribution is -2.47. The Labute approximate surface area is 190 Å². The maximum absolute atomic E-state index is 13.2. The molecule has 0 atom stereocenters. The minimum atomic E-state index is -0.641. The van der Waals surface area contributed by atoms with E-state index in [2.05, 4.69) is 10.4 Å². The SMILES string of the molecule is COc1ccc(/C=C2\N=C(c3ccccc3)N(NC(=O)c3ccccc3O)C2=O)cc1OC. The fourth-order valence-corrected chi connectivity index (χ4v) is 3.33. The van der Waals surface area contributed by atoms with Gasteiger partial charge in [-0.15, -0.1) is 0 Å². The van der Waals surface area contributed by atoms with Crippen LogP contribution in [0.3, 0.4) is 0 Å². The molecule has 3 aromatic rings. The van der Waals surface area contributed by atoms with E-state index in [9.17, 15) is 14.7 Å². The van der Waals surface area contributed by atoms with Gasteiger partial charge in [0.15, 0.2) is 17.3 Å². The van der Waals surface area contributed by atoms with E-state index in [1.165, 1.54) is 26.4 Å². The molecule has 8 nitrogen and oxygen atoms in total. The largest absolute Gasteiger partial charge is 0.507 e. The van der Waals surface area contributed by atoms with Gasteiger partial charge in [0.2, 0.25) is 0 Å². The third kappa shape index (κ3) is 4.40. The summed E-state index contributed by atoms with van der Waals surface area (Å²) in [5.41, 5.74) is 4.03. The summed E-state index contributed by atoms with van der Waals surface area (Å²) in [6.45, 7) is 0. The highest BCUT2D eigenvalue weighted by molar-refractivity contribution is 6.20. The molecule has 0 fully saturated rings. The van der Waals surface area contributed by atoms with Crippen LogP contribution in [0.1, 0.15) is 21.5 Å². The molecule has 8 heteroatoms. The zero-order valence-corrected chi connectivity index (χ0v) is 18.0. The lowest BCUT2D eigenvalue weighted by Gasteiger charge is -2.19. The van der Waals surface area contributed by atoms with Gasteiger partial charge < -0.3 is 14.6 Å². The number of carbonyl (C=O) groups is 2. The fourth-order valence-electron chi connectivity index (χ4n) is 3.33. The Bertz CT molecular complexity index is 1270. The van der Waals surface area contributed by atoms with Gasteiger partial charge in [-0.25, -0.2) is 4.99 Å². The van der Waals surface area contributed by atoms with E-state index in [1.54, 1.807) is 60.7 Å². The number of amidine groups is 1. The molecular weight excluding hydrogens is 422 g/mol. The zero-order chi connectivity index (χ0) is 23.4. The number of para-hydroxylation sites is 1. The molecule has 4 rings (SSSR count). The summed E-state index contributed by atoms with van der Waals surface area (Å²) in [5, 5.41) is 11.1. The minimum Gasteiger partial charge on any atom is -0.507 e. The summed E-state index contributed by atoms with van der Waals surface area (Å²) in [6.07, 6.45) is 1.60. The van der Waals surface area contributed by atoms with Crippen LogP contribution in [0.4, 0.5) is 0 Å². The lowest BCUT2D eigenvalue weighted by atomic mass is 10.1. The number of hydrogen-bond donors (Lipinski definition) is 2. The minimum absolute atomic E-state index is 0.0371. The van der Waals surface area contributed by atoms with Crippen LogP contribution in [0.25, 0.3) is 6.08 Å². The molecular formula is C25H21N3O5. The van der Waals surface area contributed by atoms with Crippen molar-refractivity contribution in [2.75, 3.05) is 14.2 Å². The summed E-state index contributed by atoms with van der Waals surface area (Å²) in [6, 6.07) is 20.3. The van der Waals surface area contributed by atoms with Crippen molar-refractivity contribution >= 4 is 23.7 Å². The summed E-state index contributed by atoms with van der Waals surface area (Å²) < 4.78 is 10.6. The Morgan fingerprint density at radius 2 is 1.67 bits per heavy atom. The summed E-state index contributed by atoms with van der Waals surface area (Å²) in [5.74, 6) is -0.0291. The molecule has 166 valence electrons. The van der Waals surface area contributed by atoms with Crippen molar-refractivity contribution in [3.8, 4) is 17.2 Å². The number of phenolic OH excluding ortho intramolecular Hbond substituents is 1. The number of nitrogens with one attached hydrogen (secondary N) is 1. The maximum atomic E-state index is 13.2. The van der Waals surface area contributed by atoms with Gasteiger partial charge in [-0.3, -0.25) is 15.0 Å². The van der Waals surface area contributed by atoms with Crippen LogP contribution in [0.5, 0.6) is 17.2 Å². The highest BCUT2D eigenvalue weighted by Gasteiger charge is 2.33. The number of rotatable bonds is 6. The molecule has 0 bridgehead atoms. The van der Waals surface area contributed by atoms with E-state index in [-0.39, 0.29) is 22.8 Å². The number of benzene rings is 3. The normalized spacial score (nSPS) is 14.2. The van der Waals surface area contributed by atoms with Crippen molar-refractivity contribution in [2.45, 2.75) is 0 Å². The number of hydrogen-bond acceptors (Lipinski definition) is 6. The summed E-state index contributed by atoms with van der Waals surface area (Å²) in [7, 11) is 3.06. The molecule has 0 saturated heterocycles. The third-order valence-corrected chi connectivity index (χ3v) is 4.97. The Morgan fingerprint density at radius 1 is 0.970 bits per heavy atom. The van der Waals surface area contributed by atoms with E-state index in [4.69, 9.17) is 9.47 Å². The molecule has 0 aliphatic carbocycles. The second-order valence-electron chi connectivity index (χ2n) is 7.04. The number of hydrazine groups is 1. The van der Waals surface area contributed by atoms with Crippen LogP contribution in [0, 0.1) is 0 Å². The van der Waals surface area contributed by atoms with Crippen LogP contribution < -0.4 is 14.9 Å². The van der Waals surface area contributed by atoms with Crippen LogP contribution in [-0.4, -0.2) is 42.0 Å². The van der Waals surface area contributed by atoms with E-state index in [1.807, 2.05) is 6.07 Å². The van der Waals surface area contributed by atoms with Gasteiger partial charge in [-0.05, 0) is 35.9 Å². The van der Waals surface area contributed by atoms with E-state index in [0.717, 1.165) is 5.01 Å². The maximum Gasteiger partial charge on any atom is 0.297 e. The molecule has 1 aliphatic heterocycles. The lowest BCUT2D eigenvalue weighted by molar-refractivity contribution is -0.124. The fraction of sp³-hybridized carbons (Fsp3) is 0.0800. The molecule has 1 aliphatic rings. The van der Waals surface area contributed by atoms with Crippen molar-refractivity contribution in [1.29, 1.82) is 0 Å². The first kappa shape index (κ1) is 21.6.